The lowest BCUT2D eigenvalue weighted by Gasteiger charge is -2.18. The lowest BCUT2D eigenvalue weighted by atomic mass is 10.1. The Labute approximate surface area is 161 Å². The zero-order valence-corrected chi connectivity index (χ0v) is 16.3. The van der Waals surface area contributed by atoms with E-state index in [1.807, 2.05) is 45.0 Å². The van der Waals surface area contributed by atoms with Crippen molar-refractivity contribution in [2.75, 3.05) is 25.0 Å². The summed E-state index contributed by atoms with van der Waals surface area (Å²) in [5.41, 5.74) is 2.40. The zero-order valence-electron chi connectivity index (χ0n) is 16.3. The van der Waals surface area contributed by atoms with E-state index in [0.29, 0.717) is 43.8 Å². The van der Waals surface area contributed by atoms with Gasteiger partial charge in [-0.1, -0.05) is 18.2 Å². The molecule has 0 atom stereocenters. The SMILES string of the molecule is CCN(CC)C(=O)c1ccc(NC(=O)CCCOc2ccccc2C)cc1. The van der Waals surface area contributed by atoms with E-state index in [2.05, 4.69) is 5.32 Å². The highest BCUT2D eigenvalue weighted by Crippen LogP contribution is 2.17. The van der Waals surface area contributed by atoms with Crippen LogP contribution in [0.3, 0.4) is 0 Å². The van der Waals surface area contributed by atoms with Crippen LogP contribution in [-0.4, -0.2) is 36.4 Å². The number of nitrogens with zero attached hydrogens (tertiary/aromatic N) is 1. The Morgan fingerprint density at radius 1 is 1.00 bits per heavy atom. The number of carbonyl (C=O) groups excluding carboxylic acids is 2. The smallest absolute Gasteiger partial charge is 0.253 e. The van der Waals surface area contributed by atoms with Crippen molar-refractivity contribution in [3.8, 4) is 5.75 Å². The minimum Gasteiger partial charge on any atom is -0.493 e. The highest BCUT2D eigenvalue weighted by atomic mass is 16.5. The van der Waals surface area contributed by atoms with Crippen molar-refractivity contribution in [3.05, 3.63) is 59.7 Å². The third-order valence-corrected chi connectivity index (χ3v) is 4.37. The fraction of sp³-hybridized carbons (Fsp3) is 0.364. The molecule has 0 unspecified atom stereocenters. The second-order valence-corrected chi connectivity index (χ2v) is 6.32. The summed E-state index contributed by atoms with van der Waals surface area (Å²) in [6.45, 7) is 7.76. The number of carbonyl (C=O) groups is 2. The number of benzene rings is 2. The molecule has 0 saturated carbocycles. The number of rotatable bonds is 9. The van der Waals surface area contributed by atoms with Gasteiger partial charge in [-0.2, -0.15) is 0 Å². The summed E-state index contributed by atoms with van der Waals surface area (Å²) < 4.78 is 5.70. The molecule has 0 aliphatic rings. The molecule has 2 amide bonds. The number of anilines is 1. The van der Waals surface area contributed by atoms with Crippen molar-refractivity contribution in [1.82, 2.24) is 4.90 Å². The maximum absolute atomic E-state index is 12.3. The number of para-hydroxylation sites is 1. The van der Waals surface area contributed by atoms with Crippen molar-refractivity contribution in [2.45, 2.75) is 33.6 Å². The third-order valence-electron chi connectivity index (χ3n) is 4.37. The van der Waals surface area contributed by atoms with Crippen LogP contribution in [0.25, 0.3) is 0 Å². The van der Waals surface area contributed by atoms with Gasteiger partial charge in [0.25, 0.3) is 5.91 Å². The molecule has 0 heterocycles. The molecule has 1 N–H and O–H groups in total. The van der Waals surface area contributed by atoms with Gasteiger partial charge in [0.15, 0.2) is 0 Å². The fourth-order valence-electron chi connectivity index (χ4n) is 2.75. The van der Waals surface area contributed by atoms with E-state index in [0.717, 1.165) is 11.3 Å². The molecule has 27 heavy (non-hydrogen) atoms. The summed E-state index contributed by atoms with van der Waals surface area (Å²) in [6, 6.07) is 14.8. The molecule has 5 heteroatoms. The van der Waals surface area contributed by atoms with Crippen LogP contribution in [0.2, 0.25) is 0 Å². The van der Waals surface area contributed by atoms with Gasteiger partial charge in [-0.15, -0.1) is 0 Å². The summed E-state index contributed by atoms with van der Waals surface area (Å²) in [5, 5.41) is 2.86. The van der Waals surface area contributed by atoms with Crippen LogP contribution >= 0.6 is 0 Å². The van der Waals surface area contributed by atoms with Gasteiger partial charge in [0, 0.05) is 30.8 Å². The summed E-state index contributed by atoms with van der Waals surface area (Å²) in [5.74, 6) is 0.795. The van der Waals surface area contributed by atoms with Crippen LogP contribution in [0.4, 0.5) is 5.69 Å². The normalized spacial score (nSPS) is 10.3. The van der Waals surface area contributed by atoms with E-state index < -0.39 is 0 Å². The van der Waals surface area contributed by atoms with Gasteiger partial charge in [-0.05, 0) is 63.1 Å². The topological polar surface area (TPSA) is 58.6 Å². The maximum Gasteiger partial charge on any atom is 0.253 e. The quantitative estimate of drug-likeness (QED) is 0.672. The summed E-state index contributed by atoms with van der Waals surface area (Å²) >= 11 is 0. The van der Waals surface area contributed by atoms with Gasteiger partial charge in [-0.25, -0.2) is 0 Å². The molecule has 2 rings (SSSR count). The van der Waals surface area contributed by atoms with E-state index in [4.69, 9.17) is 4.74 Å². The first-order chi connectivity index (χ1) is 13.0. The van der Waals surface area contributed by atoms with Crippen molar-refractivity contribution >= 4 is 17.5 Å². The number of ether oxygens (including phenoxy) is 1. The number of hydrogen-bond donors (Lipinski definition) is 1. The molecule has 2 aromatic rings. The van der Waals surface area contributed by atoms with Crippen molar-refractivity contribution in [3.63, 3.8) is 0 Å². The van der Waals surface area contributed by atoms with E-state index in [-0.39, 0.29) is 11.8 Å². The molecule has 0 bridgehead atoms. The number of nitrogens with one attached hydrogen (secondary N) is 1. The largest absolute Gasteiger partial charge is 0.493 e. The van der Waals surface area contributed by atoms with Gasteiger partial charge in [0.1, 0.15) is 5.75 Å². The summed E-state index contributed by atoms with van der Waals surface area (Å²) in [6.07, 6.45) is 1.02. The first-order valence-corrected chi connectivity index (χ1v) is 9.42. The molecule has 144 valence electrons. The predicted octanol–water partition coefficient (Wildman–Crippen LogP) is 4.27. The Hall–Kier alpha value is -2.82. The van der Waals surface area contributed by atoms with Gasteiger partial charge >= 0.3 is 0 Å². The average Bonchev–Trinajstić information content (AvgIpc) is 2.68. The van der Waals surface area contributed by atoms with E-state index in [9.17, 15) is 9.59 Å². The van der Waals surface area contributed by atoms with Crippen LogP contribution in [0.15, 0.2) is 48.5 Å². The molecular weight excluding hydrogens is 340 g/mol. The molecular formula is C22H28N2O3. The Morgan fingerprint density at radius 3 is 2.30 bits per heavy atom. The van der Waals surface area contributed by atoms with Crippen LogP contribution in [-0.2, 0) is 4.79 Å². The standard InChI is InChI=1S/C22H28N2O3/c1-4-24(5-2)22(26)18-12-14-19(15-13-18)23-21(25)11-8-16-27-20-10-7-6-9-17(20)3/h6-7,9-10,12-15H,4-5,8,11,16H2,1-3H3,(H,23,25). The lowest BCUT2D eigenvalue weighted by molar-refractivity contribution is -0.116. The van der Waals surface area contributed by atoms with Gasteiger partial charge in [0.2, 0.25) is 5.91 Å². The Balaban J connectivity index is 1.77. The molecule has 0 radical (unpaired) electrons. The first-order valence-electron chi connectivity index (χ1n) is 9.42. The molecule has 0 saturated heterocycles. The minimum absolute atomic E-state index is 0.00577. The van der Waals surface area contributed by atoms with Crippen LogP contribution < -0.4 is 10.1 Å². The Bertz CT molecular complexity index is 752. The van der Waals surface area contributed by atoms with E-state index in [1.54, 1.807) is 29.2 Å². The van der Waals surface area contributed by atoms with Gasteiger partial charge < -0.3 is 15.0 Å². The predicted molar refractivity (Wildman–Crippen MR) is 108 cm³/mol. The van der Waals surface area contributed by atoms with E-state index >= 15 is 0 Å². The van der Waals surface area contributed by atoms with Crippen molar-refractivity contribution < 1.29 is 14.3 Å². The zero-order chi connectivity index (χ0) is 19.6. The third kappa shape index (κ3) is 6.13. The minimum atomic E-state index is -0.0637. The Morgan fingerprint density at radius 2 is 1.67 bits per heavy atom. The van der Waals surface area contributed by atoms with Crippen LogP contribution in [0, 0.1) is 6.92 Å². The van der Waals surface area contributed by atoms with Crippen LogP contribution in [0.1, 0.15) is 42.6 Å². The summed E-state index contributed by atoms with van der Waals surface area (Å²) in [7, 11) is 0. The van der Waals surface area contributed by atoms with Crippen molar-refractivity contribution in [1.29, 1.82) is 0 Å². The van der Waals surface area contributed by atoms with Gasteiger partial charge in [-0.3, -0.25) is 9.59 Å². The molecule has 0 spiro atoms. The monoisotopic (exact) mass is 368 g/mol. The van der Waals surface area contributed by atoms with Crippen LogP contribution in [0.5, 0.6) is 5.75 Å². The van der Waals surface area contributed by atoms with Gasteiger partial charge in [0.05, 0.1) is 6.61 Å². The summed E-state index contributed by atoms with van der Waals surface area (Å²) in [4.78, 5) is 26.1. The fourth-order valence-corrected chi connectivity index (χ4v) is 2.75. The maximum atomic E-state index is 12.3. The lowest BCUT2D eigenvalue weighted by Crippen LogP contribution is -2.30. The number of amides is 2. The Kier molecular flexibility index (Phi) is 7.86. The van der Waals surface area contributed by atoms with E-state index in [1.165, 1.54) is 0 Å². The second-order valence-electron chi connectivity index (χ2n) is 6.32. The molecule has 0 fully saturated rings. The second kappa shape index (κ2) is 10.4. The number of hydrogen-bond acceptors (Lipinski definition) is 3. The highest BCUT2D eigenvalue weighted by molar-refractivity contribution is 5.95. The molecule has 0 aromatic heterocycles. The number of aryl methyl sites for hydroxylation is 1. The molecule has 0 aliphatic carbocycles. The molecule has 0 aliphatic heterocycles. The highest BCUT2D eigenvalue weighted by Gasteiger charge is 2.12. The molecule has 2 aromatic carbocycles. The average molecular weight is 368 g/mol. The van der Waals surface area contributed by atoms with Crippen molar-refractivity contribution in [2.24, 2.45) is 0 Å². The first kappa shape index (κ1) is 20.5. The molecule has 5 nitrogen and oxygen atoms in total.